The minimum atomic E-state index is -7.22. The van der Waals surface area contributed by atoms with Crippen molar-refractivity contribution in [1.82, 2.24) is 0 Å². The van der Waals surface area contributed by atoms with Crippen molar-refractivity contribution in [1.29, 1.82) is 0 Å². The van der Waals surface area contributed by atoms with Gasteiger partial charge >= 0.3 is 0 Å². The van der Waals surface area contributed by atoms with Gasteiger partial charge in [-0.25, -0.2) is 92.6 Å². The second-order valence-corrected chi connectivity index (χ2v) is 13.8. The van der Waals surface area contributed by atoms with E-state index in [0.717, 1.165) is 16.7 Å². The van der Waals surface area contributed by atoms with Crippen molar-refractivity contribution in [3.8, 4) is 5.75 Å². The van der Waals surface area contributed by atoms with Crippen LogP contribution < -0.4 is 31.4 Å². The van der Waals surface area contributed by atoms with Crippen LogP contribution in [0.1, 0.15) is 0 Å². The summed E-state index contributed by atoms with van der Waals surface area (Å²) in [6.07, 6.45) is -5.29. The van der Waals surface area contributed by atoms with Crippen LogP contribution in [0.5, 0.6) is 5.75 Å². The highest BCUT2D eigenvalue weighted by atomic mass is 19.2. The van der Waals surface area contributed by atoms with Crippen LogP contribution in [0.4, 0.5) is 87.8 Å². The van der Waals surface area contributed by atoms with Crippen LogP contribution in [0.3, 0.4) is 0 Å². The third kappa shape index (κ3) is 7.07. The molecule has 8 aromatic rings. The van der Waals surface area contributed by atoms with Crippen LogP contribution in [-0.2, 0) is 0 Å². The number of benzene rings is 7. The minimum absolute atomic E-state index is 0.829. The van der Waals surface area contributed by atoms with E-state index in [4.69, 9.17) is 4.84 Å². The number of nitrogens with zero attached hydrogens (tertiary/aromatic N) is 1. The third-order valence-electron chi connectivity index (χ3n) is 10.3. The Morgan fingerprint density at radius 3 is 0.939 bits per heavy atom. The van der Waals surface area contributed by atoms with Crippen molar-refractivity contribution in [3.05, 3.63) is 201 Å². The summed E-state index contributed by atoms with van der Waals surface area (Å²) in [5, 5.41) is 3.55. The average Bonchev–Trinajstić information content (AvgIpc) is 3.31. The number of halogens is 20. The van der Waals surface area contributed by atoms with E-state index in [1.807, 2.05) is 42.6 Å². The molecule has 1 aromatic heterocycles. The molecule has 0 atom stereocenters. The number of fused-ring (bicyclic) bond motifs is 2. The summed E-state index contributed by atoms with van der Waals surface area (Å²) < 4.78 is 296. The summed E-state index contributed by atoms with van der Waals surface area (Å²) in [4.78, 5) is 6.02. The first-order valence-corrected chi connectivity index (χ1v) is 17.9. The smallest absolute Gasteiger partial charge is 0.231 e. The van der Waals surface area contributed by atoms with Gasteiger partial charge in [-0.1, -0.05) is 42.5 Å². The van der Waals surface area contributed by atoms with Crippen molar-refractivity contribution >= 4 is 49.7 Å². The number of pyridine rings is 1. The van der Waals surface area contributed by atoms with Crippen molar-refractivity contribution in [3.63, 3.8) is 0 Å². The fraction of sp³-hybridized carbons (Fsp3) is 0. The molecule has 0 aliphatic rings. The van der Waals surface area contributed by atoms with E-state index in [-0.39, 0.29) is 0 Å². The summed E-state index contributed by atoms with van der Waals surface area (Å²) in [6, 6.07) is 26.7. The standard InChI is InChI=1S/C24BF20.C19H14NO/c26-5-1(6(27)14(35)21(42)13(5)34)25(2-7(28)15(36)22(43)16(37)8(2)29,3-9(30)17(38)23(44)18(39)10(3)31)4-11(32)19(40)24(45)20(41)12(4)33;1-2-8-17-14-18(12-11-15(17)6-1)21-20-13-5-9-16-7-3-4-10-19(16)20/h;1-14H/q-1;+1. The van der Waals surface area contributed by atoms with E-state index in [2.05, 4.69) is 42.5 Å². The minimum Gasteiger partial charge on any atom is -0.231 e. The van der Waals surface area contributed by atoms with E-state index in [1.165, 1.54) is 10.8 Å². The molecule has 8 rings (SSSR count). The fourth-order valence-corrected chi connectivity index (χ4v) is 7.43. The highest BCUT2D eigenvalue weighted by Crippen LogP contribution is 2.31. The van der Waals surface area contributed by atoms with E-state index >= 15 is 35.1 Å². The molecule has 0 unspecified atom stereocenters. The molecular formula is C43H14BF20NO. The van der Waals surface area contributed by atoms with Crippen LogP contribution in [0.2, 0.25) is 0 Å². The topological polar surface area (TPSA) is 13.1 Å². The predicted molar refractivity (Wildman–Crippen MR) is 193 cm³/mol. The molecule has 0 aliphatic carbocycles. The zero-order chi connectivity index (χ0) is 48.4. The van der Waals surface area contributed by atoms with Gasteiger partial charge in [0.15, 0.2) is 69.8 Å². The monoisotopic (exact) mass is 951 g/mol. The molecule has 1 heterocycles. The van der Waals surface area contributed by atoms with E-state index in [1.54, 1.807) is 4.73 Å². The fourth-order valence-electron chi connectivity index (χ4n) is 7.43. The van der Waals surface area contributed by atoms with Gasteiger partial charge in [-0.3, -0.25) is 0 Å². The first-order valence-electron chi connectivity index (χ1n) is 17.9. The predicted octanol–water partition coefficient (Wildman–Crippen LogP) is 9.97. The second-order valence-electron chi connectivity index (χ2n) is 13.8. The van der Waals surface area contributed by atoms with Gasteiger partial charge in [-0.15, -0.1) is 21.9 Å². The third-order valence-corrected chi connectivity index (χ3v) is 10.3. The average molecular weight is 951 g/mol. The van der Waals surface area contributed by atoms with Gasteiger partial charge < -0.3 is 0 Å². The summed E-state index contributed by atoms with van der Waals surface area (Å²) in [5.41, 5.74) is -13.3. The highest BCUT2D eigenvalue weighted by molar-refractivity contribution is 7.20. The quantitative estimate of drug-likeness (QED) is 0.0533. The van der Waals surface area contributed by atoms with Crippen molar-refractivity contribution in [2.45, 2.75) is 0 Å². The second kappa shape index (κ2) is 17.2. The molecule has 0 amide bonds. The van der Waals surface area contributed by atoms with Crippen LogP contribution >= 0.6 is 0 Å². The molecule has 0 aliphatic heterocycles. The van der Waals surface area contributed by atoms with Gasteiger partial charge in [-0.2, -0.15) is 0 Å². The molecule has 0 N–H and O–H groups in total. The normalized spacial score (nSPS) is 11.6. The summed E-state index contributed by atoms with van der Waals surface area (Å²) in [6.45, 7) is 0. The first kappa shape index (κ1) is 46.7. The van der Waals surface area contributed by atoms with Gasteiger partial charge in [0.05, 0.1) is 5.39 Å². The summed E-state index contributed by atoms with van der Waals surface area (Å²) >= 11 is 0. The lowest BCUT2D eigenvalue weighted by Crippen LogP contribution is -2.81. The Labute approximate surface area is 354 Å². The Kier molecular flexibility index (Phi) is 12.2. The van der Waals surface area contributed by atoms with Gasteiger partial charge in [0, 0.05) is 16.9 Å². The molecule has 0 bridgehead atoms. The zero-order valence-electron chi connectivity index (χ0n) is 31.6. The van der Waals surface area contributed by atoms with Crippen molar-refractivity contribution in [2.24, 2.45) is 0 Å². The maximum atomic E-state index is 15.4. The lowest BCUT2D eigenvalue weighted by molar-refractivity contribution is -0.854. The van der Waals surface area contributed by atoms with E-state index in [9.17, 15) is 52.7 Å². The number of aromatic nitrogens is 1. The van der Waals surface area contributed by atoms with Crippen molar-refractivity contribution < 1.29 is 97.4 Å². The van der Waals surface area contributed by atoms with E-state index in [0.29, 0.717) is 0 Å². The molecule has 0 spiro atoms. The lowest BCUT2D eigenvalue weighted by Gasteiger charge is -2.44. The molecule has 2 nitrogen and oxygen atoms in total. The highest BCUT2D eigenvalue weighted by Gasteiger charge is 2.52. The van der Waals surface area contributed by atoms with Crippen LogP contribution in [0.15, 0.2) is 85.1 Å². The maximum Gasteiger partial charge on any atom is 0.265 e. The van der Waals surface area contributed by atoms with Crippen LogP contribution in [-0.4, -0.2) is 6.15 Å². The Hall–Kier alpha value is -7.33. The molecule has 0 saturated heterocycles. The molecule has 23 heteroatoms. The van der Waals surface area contributed by atoms with Gasteiger partial charge in [0.25, 0.3) is 5.52 Å². The van der Waals surface area contributed by atoms with Gasteiger partial charge in [0.2, 0.25) is 11.9 Å². The Morgan fingerprint density at radius 2 is 0.576 bits per heavy atom. The Bertz CT molecular complexity index is 2920. The molecule has 0 fully saturated rings. The van der Waals surface area contributed by atoms with Gasteiger partial charge in [0.1, 0.15) is 52.7 Å². The molecule has 7 aromatic carbocycles. The molecule has 340 valence electrons. The zero-order valence-corrected chi connectivity index (χ0v) is 31.6. The van der Waals surface area contributed by atoms with Crippen LogP contribution in [0.25, 0.3) is 21.7 Å². The number of para-hydroxylation sites is 1. The van der Waals surface area contributed by atoms with E-state index < -0.39 is 144 Å². The van der Waals surface area contributed by atoms with Crippen LogP contribution in [0, 0.1) is 116 Å². The largest absolute Gasteiger partial charge is 0.265 e. The number of hydrogen-bond acceptors (Lipinski definition) is 1. The molecule has 66 heavy (non-hydrogen) atoms. The SMILES string of the molecule is Fc1c(F)c(F)c([B-](c2c(F)c(F)c(F)c(F)c2F)(c2c(F)c(F)c(F)c(F)c2F)c2c(F)c(F)c(F)c(F)c2F)c(F)c1F.c1ccc2cc(O[n+]3cccc4ccccc43)ccc2c1. The Morgan fingerprint density at radius 1 is 0.288 bits per heavy atom. The maximum absolute atomic E-state index is 15.4. The number of hydrogen-bond donors (Lipinski definition) is 0. The molecular weight excluding hydrogens is 937 g/mol. The molecule has 0 radical (unpaired) electrons. The lowest BCUT2D eigenvalue weighted by atomic mass is 9.12. The Balaban J connectivity index is 0.000000254. The summed E-state index contributed by atoms with van der Waals surface area (Å²) in [5.74, 6) is -70.6. The first-order chi connectivity index (χ1) is 31.1. The molecule has 0 saturated carbocycles. The summed E-state index contributed by atoms with van der Waals surface area (Å²) in [7, 11) is 0. The van der Waals surface area contributed by atoms with Crippen molar-refractivity contribution in [2.75, 3.05) is 0 Å². The van der Waals surface area contributed by atoms with Gasteiger partial charge in [-0.05, 0) is 35.0 Å². The number of rotatable bonds is 6.